The Hall–Kier alpha value is -4.17. The highest BCUT2D eigenvalue weighted by atomic mass is 19.3. The fraction of sp³-hybridized carbons (Fsp3) is 0.143. The van der Waals surface area contributed by atoms with Gasteiger partial charge in [0.15, 0.2) is 6.04 Å². The molecule has 1 amide bonds. The molecular weight excluding hydrogens is 469 g/mol. The van der Waals surface area contributed by atoms with Crippen LogP contribution in [0.2, 0.25) is 0 Å². The van der Waals surface area contributed by atoms with Gasteiger partial charge in [-0.05, 0) is 47.5 Å². The first-order chi connectivity index (χ1) is 17.3. The molecule has 0 aliphatic heterocycles. The van der Waals surface area contributed by atoms with Gasteiger partial charge in [0.1, 0.15) is 0 Å². The van der Waals surface area contributed by atoms with E-state index in [0.717, 1.165) is 15.7 Å². The summed E-state index contributed by atoms with van der Waals surface area (Å²) >= 11 is 0. The molecule has 0 heterocycles. The lowest BCUT2D eigenvalue weighted by molar-refractivity contribution is -0.215. The average Bonchev–Trinajstić information content (AvgIpc) is 2.91. The van der Waals surface area contributed by atoms with Gasteiger partial charge >= 0.3 is 11.9 Å². The lowest BCUT2D eigenvalue weighted by Gasteiger charge is -2.32. The minimum atomic E-state index is -4.52. The van der Waals surface area contributed by atoms with Crippen molar-refractivity contribution in [1.82, 2.24) is 5.32 Å². The Morgan fingerprint density at radius 3 is 1.92 bits per heavy atom. The number of benzene rings is 4. The molecular formula is C28H23F3N2O3. The summed E-state index contributed by atoms with van der Waals surface area (Å²) in [5, 5.41) is 4.25. The number of carbonyl (C=O) groups excluding carboxylic acids is 2. The van der Waals surface area contributed by atoms with Crippen molar-refractivity contribution in [3.8, 4) is 0 Å². The molecule has 36 heavy (non-hydrogen) atoms. The van der Waals surface area contributed by atoms with Crippen molar-refractivity contribution >= 4 is 34.0 Å². The number of halogens is 3. The van der Waals surface area contributed by atoms with Crippen LogP contribution in [0.15, 0.2) is 103 Å². The number of amides is 1. The SMILES string of the molecule is CC(NC(C(=O)N(c1ccccc1)c1ccccc1)C(F)(F)C(=O)OF)c1cccc2ccccc12. The average molecular weight is 492 g/mol. The Bertz CT molecular complexity index is 1310. The second kappa shape index (κ2) is 10.6. The van der Waals surface area contributed by atoms with E-state index in [1.54, 1.807) is 79.7 Å². The van der Waals surface area contributed by atoms with Gasteiger partial charge in [-0.2, -0.15) is 8.78 Å². The zero-order chi connectivity index (χ0) is 25.7. The van der Waals surface area contributed by atoms with Gasteiger partial charge in [0.2, 0.25) is 0 Å². The number of rotatable bonds is 8. The second-order valence-corrected chi connectivity index (χ2v) is 8.22. The third-order valence-electron chi connectivity index (χ3n) is 5.91. The summed E-state index contributed by atoms with van der Waals surface area (Å²) in [6.45, 7) is 1.59. The lowest BCUT2D eigenvalue weighted by atomic mass is 9.97. The molecule has 0 radical (unpaired) electrons. The predicted octanol–water partition coefficient (Wildman–Crippen LogP) is 6.29. The zero-order valence-corrected chi connectivity index (χ0v) is 19.3. The van der Waals surface area contributed by atoms with Crippen LogP contribution in [0.25, 0.3) is 10.8 Å². The summed E-state index contributed by atoms with van der Waals surface area (Å²) in [6.07, 6.45) is 0. The normalized spacial score (nSPS) is 13.1. The van der Waals surface area contributed by atoms with E-state index in [9.17, 15) is 14.1 Å². The Morgan fingerprint density at radius 1 is 0.806 bits per heavy atom. The van der Waals surface area contributed by atoms with Crippen LogP contribution >= 0.6 is 0 Å². The number of carbonyl (C=O) groups is 2. The number of hydrogen-bond donors (Lipinski definition) is 1. The minimum absolute atomic E-state index is 0.294. The fourth-order valence-corrected chi connectivity index (χ4v) is 4.15. The van der Waals surface area contributed by atoms with Gasteiger partial charge in [0.25, 0.3) is 5.91 Å². The van der Waals surface area contributed by atoms with Crippen LogP contribution in [-0.2, 0) is 14.5 Å². The lowest BCUT2D eigenvalue weighted by Crippen LogP contribution is -2.59. The van der Waals surface area contributed by atoms with Crippen LogP contribution in [-0.4, -0.2) is 23.8 Å². The summed E-state index contributed by atoms with van der Waals surface area (Å²) < 4.78 is 43.3. The molecule has 1 N–H and O–H groups in total. The van der Waals surface area contributed by atoms with Crippen LogP contribution < -0.4 is 10.2 Å². The van der Waals surface area contributed by atoms with Crippen LogP contribution in [0.4, 0.5) is 24.7 Å². The van der Waals surface area contributed by atoms with E-state index >= 15 is 8.78 Å². The molecule has 4 aromatic carbocycles. The molecule has 2 atom stereocenters. The largest absolute Gasteiger partial charge is 0.419 e. The minimum Gasteiger partial charge on any atom is -0.294 e. The summed E-state index contributed by atoms with van der Waals surface area (Å²) in [5.74, 6) is -8.14. The zero-order valence-electron chi connectivity index (χ0n) is 19.3. The van der Waals surface area contributed by atoms with Gasteiger partial charge in [0.05, 0.1) is 0 Å². The van der Waals surface area contributed by atoms with E-state index in [4.69, 9.17) is 0 Å². The Morgan fingerprint density at radius 2 is 1.33 bits per heavy atom. The topological polar surface area (TPSA) is 58.6 Å². The summed E-state index contributed by atoms with van der Waals surface area (Å²) in [6, 6.07) is 25.7. The number of fused-ring (bicyclic) bond motifs is 1. The van der Waals surface area contributed by atoms with Crippen molar-refractivity contribution in [3.63, 3.8) is 0 Å². The van der Waals surface area contributed by atoms with Gasteiger partial charge in [-0.25, -0.2) is 9.74 Å². The molecule has 2 unspecified atom stereocenters. The molecule has 0 fully saturated rings. The van der Waals surface area contributed by atoms with Gasteiger partial charge in [-0.1, -0.05) is 78.9 Å². The molecule has 184 valence electrons. The number of alkyl halides is 2. The maximum Gasteiger partial charge on any atom is 0.419 e. The molecule has 0 aliphatic rings. The highest BCUT2D eigenvalue weighted by Gasteiger charge is 2.55. The fourth-order valence-electron chi connectivity index (χ4n) is 4.15. The summed E-state index contributed by atoms with van der Waals surface area (Å²) in [7, 11) is 0. The van der Waals surface area contributed by atoms with Crippen LogP contribution in [0.5, 0.6) is 0 Å². The molecule has 0 spiro atoms. The van der Waals surface area contributed by atoms with Crippen molar-refractivity contribution in [1.29, 1.82) is 0 Å². The smallest absolute Gasteiger partial charge is 0.294 e. The Kier molecular flexibility index (Phi) is 7.36. The number of hydrogen-bond acceptors (Lipinski definition) is 4. The molecule has 0 bridgehead atoms. The van der Waals surface area contributed by atoms with Crippen molar-refractivity contribution < 1.29 is 27.8 Å². The first kappa shape index (κ1) is 24.9. The highest BCUT2D eigenvalue weighted by Crippen LogP contribution is 2.32. The summed E-state index contributed by atoms with van der Waals surface area (Å²) in [5.41, 5.74) is 1.21. The monoisotopic (exact) mass is 492 g/mol. The Balaban J connectivity index is 1.79. The number of nitrogens with one attached hydrogen (secondary N) is 1. The first-order valence-electron chi connectivity index (χ1n) is 11.2. The first-order valence-corrected chi connectivity index (χ1v) is 11.2. The van der Waals surface area contributed by atoms with Gasteiger partial charge in [-0.3, -0.25) is 15.0 Å². The molecule has 0 saturated carbocycles. The van der Waals surface area contributed by atoms with E-state index in [1.807, 2.05) is 30.3 Å². The van der Waals surface area contributed by atoms with E-state index in [2.05, 4.69) is 10.3 Å². The van der Waals surface area contributed by atoms with Gasteiger partial charge < -0.3 is 0 Å². The van der Waals surface area contributed by atoms with Gasteiger partial charge in [0, 0.05) is 21.9 Å². The molecule has 0 aliphatic carbocycles. The third-order valence-corrected chi connectivity index (χ3v) is 5.91. The molecule has 4 aromatic rings. The predicted molar refractivity (Wildman–Crippen MR) is 131 cm³/mol. The van der Waals surface area contributed by atoms with E-state index < -0.39 is 29.9 Å². The van der Waals surface area contributed by atoms with Crippen molar-refractivity contribution in [2.24, 2.45) is 0 Å². The maximum atomic E-state index is 15.3. The highest BCUT2D eigenvalue weighted by molar-refractivity contribution is 6.06. The summed E-state index contributed by atoms with van der Waals surface area (Å²) in [4.78, 5) is 29.6. The molecule has 0 saturated heterocycles. The van der Waals surface area contributed by atoms with Crippen LogP contribution in [0.1, 0.15) is 18.5 Å². The molecule has 8 heteroatoms. The molecule has 5 nitrogen and oxygen atoms in total. The Labute approximate surface area is 206 Å². The van der Waals surface area contributed by atoms with E-state index in [-0.39, 0.29) is 0 Å². The molecule has 0 aromatic heterocycles. The van der Waals surface area contributed by atoms with Gasteiger partial charge in [-0.15, -0.1) is 0 Å². The van der Waals surface area contributed by atoms with Crippen LogP contribution in [0, 0.1) is 0 Å². The number of para-hydroxylation sites is 2. The third kappa shape index (κ3) is 4.94. The second-order valence-electron chi connectivity index (χ2n) is 8.22. The van der Waals surface area contributed by atoms with Crippen molar-refractivity contribution in [2.45, 2.75) is 24.9 Å². The number of nitrogens with zero attached hydrogens (tertiary/aromatic N) is 1. The molecule has 4 rings (SSSR count). The maximum absolute atomic E-state index is 15.3. The standard InChI is InChI=1S/C28H23F3N2O3/c1-19(23-18-10-12-20-11-8-9-17-24(20)23)32-25(28(29,30)27(35)36-31)26(34)33(21-13-4-2-5-14-21)22-15-6-3-7-16-22/h2-19,25,32H,1H3. The van der Waals surface area contributed by atoms with Crippen molar-refractivity contribution in [3.05, 3.63) is 109 Å². The van der Waals surface area contributed by atoms with Crippen molar-refractivity contribution in [2.75, 3.05) is 4.90 Å². The quantitative estimate of drug-likeness (QED) is 0.314. The van der Waals surface area contributed by atoms with Crippen LogP contribution in [0.3, 0.4) is 0 Å². The van der Waals surface area contributed by atoms with E-state index in [1.165, 1.54) is 0 Å². The number of anilines is 2. The van der Waals surface area contributed by atoms with E-state index in [0.29, 0.717) is 16.9 Å².